The molecule has 2 N–H and O–H groups in total. The average molecular weight is 545 g/mol. The van der Waals surface area contributed by atoms with Crippen LogP contribution in [0.5, 0.6) is 0 Å². The Morgan fingerprint density at radius 1 is 0.923 bits per heavy atom. The lowest BCUT2D eigenvalue weighted by molar-refractivity contribution is 0.0192. The molecule has 2 atom stereocenters. The van der Waals surface area contributed by atoms with Gasteiger partial charge >= 0.3 is 6.09 Å². The smallest absolute Gasteiger partial charge is 0.407 e. The molecule has 2 aromatic carbocycles. The van der Waals surface area contributed by atoms with Crippen molar-refractivity contribution >= 4 is 17.4 Å². The van der Waals surface area contributed by atoms with Crippen LogP contribution < -0.4 is 0 Å². The molecule has 4 rings (SSSR count). The highest BCUT2D eigenvalue weighted by Gasteiger charge is 2.32. The molecule has 0 spiro atoms. The summed E-state index contributed by atoms with van der Waals surface area (Å²) in [6, 6.07) is 23.3. The van der Waals surface area contributed by atoms with Gasteiger partial charge in [-0.15, -0.1) is 11.3 Å². The molecule has 7 nitrogen and oxygen atoms in total. The lowest BCUT2D eigenvalue weighted by atomic mass is 9.98. The minimum Gasteiger partial charge on any atom is -0.465 e. The van der Waals surface area contributed by atoms with E-state index < -0.39 is 18.2 Å². The quantitative estimate of drug-likeness (QED) is 0.221. The van der Waals surface area contributed by atoms with Gasteiger partial charge in [0, 0.05) is 42.5 Å². The van der Waals surface area contributed by atoms with E-state index in [-0.39, 0.29) is 6.54 Å². The Morgan fingerprint density at radius 3 is 2.28 bits per heavy atom. The standard InChI is InChI=1S/C31H36N4O3S/c1-23(2)18-34(19-25-11-13-26(14-12-25)28-10-6-7-15-33-28)21-30(36)29(16-24-8-4-3-5-9-24)35(31(37)38)20-27-17-32-22-39-27/h3-15,17,22-23,29-30,36H,16,18-21H2,1-2H3,(H,37,38)/t29-,30-/m0/s1. The maximum absolute atomic E-state index is 12.4. The molecule has 204 valence electrons. The molecular formula is C31H36N4O3S. The third-order valence-corrected chi connectivity index (χ3v) is 7.34. The summed E-state index contributed by atoms with van der Waals surface area (Å²) in [5.41, 5.74) is 5.79. The van der Waals surface area contributed by atoms with E-state index in [9.17, 15) is 15.0 Å². The van der Waals surface area contributed by atoms with Gasteiger partial charge in [-0.3, -0.25) is 19.8 Å². The molecule has 8 heteroatoms. The lowest BCUT2D eigenvalue weighted by Gasteiger charge is -2.36. The Hall–Kier alpha value is -3.59. The first-order valence-electron chi connectivity index (χ1n) is 13.2. The van der Waals surface area contributed by atoms with Crippen molar-refractivity contribution in [2.24, 2.45) is 5.92 Å². The number of aliphatic hydroxyl groups is 1. The summed E-state index contributed by atoms with van der Waals surface area (Å²) in [5, 5.41) is 21.8. The highest BCUT2D eigenvalue weighted by atomic mass is 32.1. The van der Waals surface area contributed by atoms with E-state index in [1.54, 1.807) is 17.9 Å². The molecule has 0 aliphatic carbocycles. The number of nitrogens with zero attached hydrogens (tertiary/aromatic N) is 4. The summed E-state index contributed by atoms with van der Waals surface area (Å²) in [6.45, 7) is 6.27. The lowest BCUT2D eigenvalue weighted by Crippen LogP contribution is -2.51. The Balaban J connectivity index is 1.53. The predicted octanol–water partition coefficient (Wildman–Crippen LogP) is 5.82. The van der Waals surface area contributed by atoms with E-state index >= 15 is 0 Å². The van der Waals surface area contributed by atoms with Gasteiger partial charge in [-0.1, -0.05) is 74.5 Å². The van der Waals surface area contributed by atoms with Crippen molar-refractivity contribution in [3.05, 3.63) is 107 Å². The number of rotatable bonds is 13. The van der Waals surface area contributed by atoms with E-state index in [4.69, 9.17) is 0 Å². The molecular weight excluding hydrogens is 508 g/mol. The van der Waals surface area contributed by atoms with Crippen molar-refractivity contribution in [1.82, 2.24) is 19.8 Å². The fraction of sp³-hybridized carbons (Fsp3) is 0.323. The normalized spacial score (nSPS) is 12.9. The molecule has 0 saturated heterocycles. The van der Waals surface area contributed by atoms with Crippen LogP contribution >= 0.6 is 11.3 Å². The second-order valence-corrected chi connectivity index (χ2v) is 11.2. The molecule has 0 radical (unpaired) electrons. The summed E-state index contributed by atoms with van der Waals surface area (Å²) in [4.78, 5) is 25.4. The van der Waals surface area contributed by atoms with Gasteiger partial charge in [-0.05, 0) is 35.6 Å². The molecule has 0 fully saturated rings. The number of aromatic nitrogens is 2. The average Bonchev–Trinajstić information content (AvgIpc) is 3.45. The fourth-order valence-corrected chi connectivity index (χ4v) is 5.40. The number of hydrogen-bond donors (Lipinski definition) is 2. The number of thiazole rings is 1. The largest absolute Gasteiger partial charge is 0.465 e. The number of carbonyl (C=O) groups is 1. The van der Waals surface area contributed by atoms with E-state index in [2.05, 4.69) is 53.0 Å². The summed E-state index contributed by atoms with van der Waals surface area (Å²) in [5.74, 6) is 0.380. The third kappa shape index (κ3) is 8.45. The number of amides is 1. The van der Waals surface area contributed by atoms with E-state index in [1.807, 2.05) is 48.5 Å². The summed E-state index contributed by atoms with van der Waals surface area (Å²) < 4.78 is 0. The van der Waals surface area contributed by atoms with Gasteiger partial charge < -0.3 is 10.2 Å². The Kier molecular flexibility index (Phi) is 10.2. The van der Waals surface area contributed by atoms with E-state index in [0.29, 0.717) is 25.4 Å². The number of aliphatic hydroxyl groups excluding tert-OH is 1. The molecule has 2 heterocycles. The fourth-order valence-electron chi connectivity index (χ4n) is 4.80. The number of benzene rings is 2. The van der Waals surface area contributed by atoms with Gasteiger partial charge in [-0.25, -0.2) is 4.79 Å². The monoisotopic (exact) mass is 544 g/mol. The van der Waals surface area contributed by atoms with Gasteiger partial charge in [0.25, 0.3) is 0 Å². The number of carboxylic acid groups (broad SMARTS) is 1. The molecule has 4 aromatic rings. The molecule has 2 aromatic heterocycles. The molecule has 39 heavy (non-hydrogen) atoms. The van der Waals surface area contributed by atoms with Crippen LogP contribution in [0.2, 0.25) is 0 Å². The zero-order valence-corrected chi connectivity index (χ0v) is 23.2. The maximum atomic E-state index is 12.4. The highest BCUT2D eigenvalue weighted by molar-refractivity contribution is 7.09. The SMILES string of the molecule is CC(C)CN(Cc1ccc(-c2ccccn2)cc1)C[C@H](O)[C@H](Cc1ccccc1)N(Cc1cncs1)C(=O)O. The van der Waals surface area contributed by atoms with Crippen molar-refractivity contribution < 1.29 is 15.0 Å². The van der Waals surface area contributed by atoms with Crippen LogP contribution in [0.3, 0.4) is 0 Å². The minimum absolute atomic E-state index is 0.188. The summed E-state index contributed by atoms with van der Waals surface area (Å²) in [7, 11) is 0. The van der Waals surface area contributed by atoms with Crippen LogP contribution in [0.1, 0.15) is 29.9 Å². The van der Waals surface area contributed by atoms with Crippen molar-refractivity contribution in [1.29, 1.82) is 0 Å². The van der Waals surface area contributed by atoms with Crippen molar-refractivity contribution in [2.45, 2.75) is 45.5 Å². The zero-order valence-electron chi connectivity index (χ0n) is 22.4. The van der Waals surface area contributed by atoms with Gasteiger partial charge in [0.1, 0.15) is 0 Å². The molecule has 0 unspecified atom stereocenters. The van der Waals surface area contributed by atoms with Crippen molar-refractivity contribution in [2.75, 3.05) is 13.1 Å². The first-order valence-corrected chi connectivity index (χ1v) is 14.1. The Morgan fingerprint density at radius 2 is 1.67 bits per heavy atom. The number of pyridine rings is 1. The van der Waals surface area contributed by atoms with Crippen LogP contribution in [-0.4, -0.2) is 61.3 Å². The maximum Gasteiger partial charge on any atom is 0.407 e. The second kappa shape index (κ2) is 14.0. The van der Waals surface area contributed by atoms with Gasteiger partial charge in [-0.2, -0.15) is 0 Å². The first kappa shape index (κ1) is 28.4. The predicted molar refractivity (Wildman–Crippen MR) is 155 cm³/mol. The van der Waals surface area contributed by atoms with Gasteiger partial charge in [0.15, 0.2) is 0 Å². The third-order valence-electron chi connectivity index (χ3n) is 6.58. The molecule has 0 aliphatic heterocycles. The van der Waals surface area contributed by atoms with E-state index in [1.165, 1.54) is 16.2 Å². The second-order valence-electron chi connectivity index (χ2n) is 10.2. The number of hydrogen-bond acceptors (Lipinski definition) is 6. The van der Waals surface area contributed by atoms with E-state index in [0.717, 1.165) is 33.8 Å². The zero-order chi connectivity index (χ0) is 27.6. The van der Waals surface area contributed by atoms with Crippen LogP contribution in [0.15, 0.2) is 90.7 Å². The van der Waals surface area contributed by atoms with Crippen LogP contribution in [0.4, 0.5) is 4.79 Å². The highest BCUT2D eigenvalue weighted by Crippen LogP contribution is 2.21. The molecule has 0 aliphatic rings. The Bertz CT molecular complexity index is 1270. The summed E-state index contributed by atoms with van der Waals surface area (Å²) in [6.07, 6.45) is 1.95. The summed E-state index contributed by atoms with van der Waals surface area (Å²) >= 11 is 1.42. The molecule has 1 amide bonds. The van der Waals surface area contributed by atoms with Crippen LogP contribution in [-0.2, 0) is 19.5 Å². The van der Waals surface area contributed by atoms with Crippen LogP contribution in [0.25, 0.3) is 11.3 Å². The van der Waals surface area contributed by atoms with Crippen molar-refractivity contribution in [3.8, 4) is 11.3 Å². The first-order chi connectivity index (χ1) is 18.9. The Labute approximate surface area is 234 Å². The van der Waals surface area contributed by atoms with Gasteiger partial charge in [0.05, 0.1) is 29.9 Å². The molecule has 0 bridgehead atoms. The molecule has 0 saturated carbocycles. The minimum atomic E-state index is -1.05. The topological polar surface area (TPSA) is 89.8 Å². The van der Waals surface area contributed by atoms with Gasteiger partial charge in [0.2, 0.25) is 0 Å². The van der Waals surface area contributed by atoms with Crippen molar-refractivity contribution in [3.63, 3.8) is 0 Å². The van der Waals surface area contributed by atoms with Crippen LogP contribution in [0, 0.1) is 5.92 Å².